The van der Waals surface area contributed by atoms with E-state index in [4.69, 9.17) is 0 Å². The number of nitriles is 1. The van der Waals surface area contributed by atoms with Gasteiger partial charge >= 0.3 is 0 Å². The Morgan fingerprint density at radius 3 is 2.74 bits per heavy atom. The van der Waals surface area contributed by atoms with Gasteiger partial charge in [-0.2, -0.15) is 10.4 Å². The molecule has 2 aromatic rings. The summed E-state index contributed by atoms with van der Waals surface area (Å²) in [5.74, 6) is -0.305. The number of nitrogens with one attached hydrogen (secondary N) is 2. The van der Waals surface area contributed by atoms with Crippen molar-refractivity contribution < 1.29 is 9.59 Å². The maximum absolute atomic E-state index is 13.1. The molecule has 0 bridgehead atoms. The van der Waals surface area contributed by atoms with Gasteiger partial charge in [0.15, 0.2) is 0 Å². The number of carbonyl (C=O) groups excluding carboxylic acids is 2. The first-order valence-corrected chi connectivity index (χ1v) is 12.4. The van der Waals surface area contributed by atoms with Gasteiger partial charge in [0.25, 0.3) is 5.91 Å². The minimum Gasteiger partial charge on any atom is -0.349 e. The fraction of sp³-hybridized carbons (Fsp3) is 0.615. The zero-order valence-corrected chi connectivity index (χ0v) is 20.9. The number of fused-ring (bicyclic) bond motifs is 1. The average molecular weight is 467 g/mol. The first-order chi connectivity index (χ1) is 16.3. The van der Waals surface area contributed by atoms with E-state index < -0.39 is 6.04 Å². The third-order valence-corrected chi connectivity index (χ3v) is 6.41. The first kappa shape index (κ1) is 25.7. The normalized spacial score (nSPS) is 19.2. The van der Waals surface area contributed by atoms with E-state index in [-0.39, 0.29) is 23.8 Å². The summed E-state index contributed by atoms with van der Waals surface area (Å²) >= 11 is 0. The van der Waals surface area contributed by atoms with Crippen LogP contribution in [0.25, 0.3) is 10.9 Å². The molecular formula is C26H38N6O2. The van der Waals surface area contributed by atoms with Crippen molar-refractivity contribution in [1.29, 1.82) is 5.26 Å². The van der Waals surface area contributed by atoms with Crippen LogP contribution in [0.2, 0.25) is 0 Å². The fourth-order valence-electron chi connectivity index (χ4n) is 4.64. The van der Waals surface area contributed by atoms with Gasteiger partial charge in [-0.3, -0.25) is 14.3 Å². The van der Waals surface area contributed by atoms with Gasteiger partial charge in [0.2, 0.25) is 5.91 Å². The first-order valence-electron chi connectivity index (χ1n) is 12.4. The average Bonchev–Trinajstić information content (AvgIpc) is 3.20. The van der Waals surface area contributed by atoms with Crippen LogP contribution in [0.4, 0.5) is 0 Å². The lowest BCUT2D eigenvalue weighted by molar-refractivity contribution is -0.127. The summed E-state index contributed by atoms with van der Waals surface area (Å²) < 4.78 is 1.93. The van der Waals surface area contributed by atoms with Crippen LogP contribution in [0.5, 0.6) is 0 Å². The summed E-state index contributed by atoms with van der Waals surface area (Å²) in [6, 6.07) is 7.00. The van der Waals surface area contributed by atoms with E-state index in [9.17, 15) is 14.9 Å². The summed E-state index contributed by atoms with van der Waals surface area (Å²) in [4.78, 5) is 28.2. The van der Waals surface area contributed by atoms with E-state index in [0.29, 0.717) is 17.9 Å². The molecule has 3 atom stereocenters. The Kier molecular flexibility index (Phi) is 9.05. The molecule has 2 amide bonds. The fourth-order valence-corrected chi connectivity index (χ4v) is 4.64. The van der Waals surface area contributed by atoms with Crippen molar-refractivity contribution in [2.45, 2.75) is 71.0 Å². The number of hydrogen-bond donors (Lipinski definition) is 2. The molecule has 1 aromatic carbocycles. The number of rotatable bonds is 10. The molecule has 1 saturated carbocycles. The van der Waals surface area contributed by atoms with E-state index >= 15 is 0 Å². The lowest BCUT2D eigenvalue weighted by Gasteiger charge is -2.32. The molecule has 1 aliphatic rings. The van der Waals surface area contributed by atoms with Gasteiger partial charge in [0.05, 0.1) is 17.5 Å². The van der Waals surface area contributed by atoms with E-state index in [0.717, 1.165) is 56.1 Å². The molecule has 0 radical (unpaired) electrons. The molecule has 0 spiro atoms. The molecule has 1 heterocycles. The predicted molar refractivity (Wildman–Crippen MR) is 133 cm³/mol. The number of aromatic nitrogens is 2. The van der Waals surface area contributed by atoms with Gasteiger partial charge in [-0.15, -0.1) is 0 Å². The molecular weight excluding hydrogens is 428 g/mol. The maximum Gasteiger partial charge on any atom is 0.251 e. The lowest BCUT2D eigenvalue weighted by Crippen LogP contribution is -2.50. The highest BCUT2D eigenvalue weighted by molar-refractivity contribution is 5.98. The summed E-state index contributed by atoms with van der Waals surface area (Å²) in [6.07, 6.45) is 7.01. The Bertz CT molecular complexity index is 1020. The molecule has 0 aliphatic heterocycles. The van der Waals surface area contributed by atoms with Crippen LogP contribution in [-0.2, 0) is 11.3 Å². The van der Waals surface area contributed by atoms with Crippen molar-refractivity contribution in [2.24, 2.45) is 11.8 Å². The third-order valence-electron chi connectivity index (χ3n) is 6.41. The summed E-state index contributed by atoms with van der Waals surface area (Å²) in [5.41, 5.74) is 1.43. The van der Waals surface area contributed by atoms with Gasteiger partial charge in [-0.05, 0) is 70.4 Å². The quantitative estimate of drug-likeness (QED) is 0.559. The van der Waals surface area contributed by atoms with Crippen LogP contribution in [0.1, 0.15) is 62.7 Å². The summed E-state index contributed by atoms with van der Waals surface area (Å²) in [7, 11) is 4.11. The Morgan fingerprint density at radius 2 is 2.03 bits per heavy atom. The molecule has 3 rings (SSSR count). The topological polar surface area (TPSA) is 103 Å². The minimum absolute atomic E-state index is 0.133. The minimum atomic E-state index is -0.498. The summed E-state index contributed by atoms with van der Waals surface area (Å²) in [6.45, 7) is 5.88. The second kappa shape index (κ2) is 12.0. The third kappa shape index (κ3) is 7.04. The number of hydrogen-bond acceptors (Lipinski definition) is 5. The Hall–Kier alpha value is -2.92. The van der Waals surface area contributed by atoms with Crippen molar-refractivity contribution in [3.63, 3.8) is 0 Å². The molecule has 8 nitrogen and oxygen atoms in total. The van der Waals surface area contributed by atoms with E-state index in [1.165, 1.54) is 0 Å². The Morgan fingerprint density at radius 1 is 1.26 bits per heavy atom. The predicted octanol–water partition coefficient (Wildman–Crippen LogP) is 3.33. The van der Waals surface area contributed by atoms with Crippen LogP contribution in [-0.4, -0.2) is 59.2 Å². The van der Waals surface area contributed by atoms with Crippen LogP contribution in [0.15, 0.2) is 24.4 Å². The van der Waals surface area contributed by atoms with Gasteiger partial charge in [-0.1, -0.05) is 26.7 Å². The monoisotopic (exact) mass is 466 g/mol. The van der Waals surface area contributed by atoms with E-state index in [1.807, 2.05) is 36.9 Å². The zero-order chi connectivity index (χ0) is 24.7. The van der Waals surface area contributed by atoms with Crippen molar-refractivity contribution in [2.75, 3.05) is 20.6 Å². The second-order valence-electron chi connectivity index (χ2n) is 10.1. The zero-order valence-electron chi connectivity index (χ0n) is 20.9. The number of benzene rings is 1. The SMILES string of the molecule is CC(C)CC(C#N)NC(=O)C1CCCCC1NC(=O)c1ccc2nn(CCCN(C)C)cc2c1. The maximum atomic E-state index is 13.1. The van der Waals surface area contributed by atoms with Crippen LogP contribution in [0.3, 0.4) is 0 Å². The van der Waals surface area contributed by atoms with E-state index in [1.54, 1.807) is 6.07 Å². The molecule has 0 saturated heterocycles. The Labute approximate surface area is 202 Å². The van der Waals surface area contributed by atoms with Crippen molar-refractivity contribution in [3.05, 3.63) is 30.0 Å². The van der Waals surface area contributed by atoms with Gasteiger partial charge < -0.3 is 15.5 Å². The number of nitrogens with zero attached hydrogens (tertiary/aromatic N) is 4. The van der Waals surface area contributed by atoms with Crippen molar-refractivity contribution >= 4 is 22.7 Å². The van der Waals surface area contributed by atoms with Gasteiger partial charge in [-0.25, -0.2) is 0 Å². The molecule has 1 aromatic heterocycles. The largest absolute Gasteiger partial charge is 0.349 e. The van der Waals surface area contributed by atoms with Crippen LogP contribution >= 0.6 is 0 Å². The summed E-state index contributed by atoms with van der Waals surface area (Å²) in [5, 5.41) is 20.9. The van der Waals surface area contributed by atoms with Gasteiger partial charge in [0.1, 0.15) is 6.04 Å². The van der Waals surface area contributed by atoms with Gasteiger partial charge in [0, 0.05) is 29.7 Å². The second-order valence-corrected chi connectivity index (χ2v) is 10.1. The highest BCUT2D eigenvalue weighted by Crippen LogP contribution is 2.26. The molecule has 2 N–H and O–H groups in total. The van der Waals surface area contributed by atoms with E-state index in [2.05, 4.69) is 40.8 Å². The molecule has 1 fully saturated rings. The van der Waals surface area contributed by atoms with Crippen LogP contribution in [0, 0.1) is 23.2 Å². The Balaban J connectivity index is 1.65. The van der Waals surface area contributed by atoms with Crippen molar-refractivity contribution in [3.8, 4) is 6.07 Å². The highest BCUT2D eigenvalue weighted by atomic mass is 16.2. The number of amides is 2. The van der Waals surface area contributed by atoms with Crippen molar-refractivity contribution in [1.82, 2.24) is 25.3 Å². The standard InChI is InChI=1S/C26H38N6O2/c1-18(2)14-21(16-27)28-26(34)22-8-5-6-9-24(22)29-25(33)19-10-11-23-20(15-19)17-32(30-23)13-7-12-31(3)4/h10-11,15,17-18,21-22,24H,5-9,12-14H2,1-4H3,(H,28,34)(H,29,33). The lowest BCUT2D eigenvalue weighted by atomic mass is 9.83. The number of carbonyl (C=O) groups is 2. The molecule has 184 valence electrons. The molecule has 3 unspecified atom stereocenters. The molecule has 8 heteroatoms. The smallest absolute Gasteiger partial charge is 0.251 e. The van der Waals surface area contributed by atoms with Crippen LogP contribution < -0.4 is 10.6 Å². The molecule has 34 heavy (non-hydrogen) atoms. The highest BCUT2D eigenvalue weighted by Gasteiger charge is 2.33. The number of aryl methyl sites for hydroxylation is 1. The molecule has 1 aliphatic carbocycles.